The van der Waals surface area contributed by atoms with E-state index in [0.29, 0.717) is 23.7 Å². The predicted octanol–water partition coefficient (Wildman–Crippen LogP) is 4.08. The highest BCUT2D eigenvalue weighted by molar-refractivity contribution is 9.10. The van der Waals surface area contributed by atoms with Crippen molar-refractivity contribution >= 4 is 27.7 Å². The van der Waals surface area contributed by atoms with Gasteiger partial charge in [0.25, 0.3) is 11.8 Å². The van der Waals surface area contributed by atoms with E-state index >= 15 is 0 Å². The van der Waals surface area contributed by atoms with E-state index in [0.717, 1.165) is 22.0 Å². The second kappa shape index (κ2) is 10.1. The van der Waals surface area contributed by atoms with Gasteiger partial charge in [0.05, 0.1) is 12.2 Å². The van der Waals surface area contributed by atoms with Crippen molar-refractivity contribution < 1.29 is 19.1 Å². The lowest BCUT2D eigenvalue weighted by Crippen LogP contribution is -2.47. The van der Waals surface area contributed by atoms with Crippen LogP contribution in [0.4, 0.5) is 0 Å². The molecule has 0 aliphatic heterocycles. The molecule has 0 heterocycles. The fourth-order valence-electron chi connectivity index (χ4n) is 2.35. The molecule has 0 aromatic heterocycles. The topological polar surface area (TPSA) is 76.7 Å². The fraction of sp³-hybridized carbons (Fsp3) is 0.333. The quantitative estimate of drug-likeness (QED) is 0.625. The van der Waals surface area contributed by atoms with Crippen LogP contribution in [0.15, 0.2) is 40.9 Å². The molecule has 2 aromatic carbocycles. The number of nitrogens with one attached hydrogen (secondary N) is 2. The monoisotopic (exact) mass is 448 g/mol. The maximum absolute atomic E-state index is 12.5. The van der Waals surface area contributed by atoms with Crippen LogP contribution >= 0.6 is 15.9 Å². The highest BCUT2D eigenvalue weighted by Crippen LogP contribution is 2.23. The molecule has 0 radical (unpaired) electrons. The van der Waals surface area contributed by atoms with Crippen LogP contribution in [0.2, 0.25) is 0 Å². The van der Waals surface area contributed by atoms with Crippen molar-refractivity contribution in [2.24, 2.45) is 0 Å². The Bertz CT molecular complexity index is 854. The van der Waals surface area contributed by atoms with E-state index in [1.165, 1.54) is 0 Å². The Balaban J connectivity index is 1.97. The number of benzene rings is 2. The van der Waals surface area contributed by atoms with Gasteiger partial charge >= 0.3 is 0 Å². The molecule has 0 saturated carbocycles. The molecule has 0 aliphatic carbocycles. The van der Waals surface area contributed by atoms with Gasteiger partial charge in [-0.05, 0) is 68.7 Å². The van der Waals surface area contributed by atoms with Crippen molar-refractivity contribution in [2.45, 2.75) is 40.2 Å². The Morgan fingerprint density at radius 1 is 1.07 bits per heavy atom. The zero-order chi connectivity index (χ0) is 20.7. The number of ether oxygens (including phenoxy) is 2. The second-order valence-electron chi connectivity index (χ2n) is 6.44. The van der Waals surface area contributed by atoms with E-state index in [1.807, 2.05) is 39.0 Å². The Labute approximate surface area is 173 Å². The molecule has 2 aromatic rings. The summed E-state index contributed by atoms with van der Waals surface area (Å²) < 4.78 is 12.0. The average molecular weight is 449 g/mol. The normalized spacial score (nSPS) is 11.5. The molecular weight excluding hydrogens is 424 g/mol. The van der Waals surface area contributed by atoms with Crippen LogP contribution in [0.1, 0.15) is 41.8 Å². The lowest BCUT2D eigenvalue weighted by molar-refractivity contribution is -0.128. The lowest BCUT2D eigenvalue weighted by atomic mass is 10.1. The molecule has 7 heteroatoms. The highest BCUT2D eigenvalue weighted by atomic mass is 79.9. The molecule has 2 amide bonds. The molecule has 2 rings (SSSR count). The van der Waals surface area contributed by atoms with Crippen molar-refractivity contribution in [2.75, 3.05) is 6.61 Å². The number of carbonyl (C=O) groups excluding carboxylic acids is 2. The van der Waals surface area contributed by atoms with Gasteiger partial charge in [-0.3, -0.25) is 20.4 Å². The molecule has 1 atom stereocenters. The molecule has 0 bridgehead atoms. The average Bonchev–Trinajstić information content (AvgIpc) is 2.67. The Kier molecular flexibility index (Phi) is 7.87. The molecular formula is C21H25BrN2O4. The van der Waals surface area contributed by atoms with Crippen LogP contribution in [0.25, 0.3) is 0 Å². The first-order valence-electron chi connectivity index (χ1n) is 9.08. The third kappa shape index (κ3) is 5.99. The minimum absolute atomic E-state index is 0.325. The van der Waals surface area contributed by atoms with E-state index in [2.05, 4.69) is 26.8 Å². The van der Waals surface area contributed by atoms with Gasteiger partial charge in [-0.15, -0.1) is 0 Å². The van der Waals surface area contributed by atoms with Crippen LogP contribution in [0.3, 0.4) is 0 Å². The molecule has 0 spiro atoms. The van der Waals surface area contributed by atoms with Gasteiger partial charge in [0.1, 0.15) is 11.5 Å². The molecule has 0 fully saturated rings. The summed E-state index contributed by atoms with van der Waals surface area (Å²) in [5.74, 6) is 0.118. The first kappa shape index (κ1) is 21.8. The van der Waals surface area contributed by atoms with Crippen molar-refractivity contribution in [3.8, 4) is 11.5 Å². The number of carbonyl (C=O) groups is 2. The molecule has 150 valence electrons. The largest absolute Gasteiger partial charge is 0.493 e. The third-order valence-corrected chi connectivity index (χ3v) is 4.60. The number of rotatable bonds is 7. The molecule has 1 unspecified atom stereocenters. The third-order valence-electron chi connectivity index (χ3n) is 4.11. The number of aryl methyl sites for hydroxylation is 2. The second-order valence-corrected chi connectivity index (χ2v) is 7.35. The summed E-state index contributed by atoms with van der Waals surface area (Å²) in [6, 6.07) is 10.8. The zero-order valence-corrected chi connectivity index (χ0v) is 18.1. The number of amides is 2. The van der Waals surface area contributed by atoms with Gasteiger partial charge in [0, 0.05) is 4.47 Å². The highest BCUT2D eigenvalue weighted by Gasteiger charge is 2.18. The first-order valence-corrected chi connectivity index (χ1v) is 9.87. The number of hydrogen-bond acceptors (Lipinski definition) is 4. The molecule has 0 aliphatic rings. The standard InChI is InChI=1S/C21H25BrN2O4/c1-5-10-27-19-9-7-16(22)12-18(19)21(26)24-23-20(25)15(4)28-17-8-6-13(2)14(3)11-17/h6-9,11-12,15H,5,10H2,1-4H3,(H,23,25)(H,24,26). The van der Waals surface area contributed by atoms with E-state index in [4.69, 9.17) is 9.47 Å². The summed E-state index contributed by atoms with van der Waals surface area (Å²) in [6.45, 7) is 8.07. The Morgan fingerprint density at radius 2 is 1.82 bits per heavy atom. The van der Waals surface area contributed by atoms with Gasteiger partial charge in [-0.2, -0.15) is 0 Å². The molecule has 0 saturated heterocycles. The minimum Gasteiger partial charge on any atom is -0.493 e. The minimum atomic E-state index is -0.777. The van der Waals surface area contributed by atoms with Crippen molar-refractivity contribution in [1.82, 2.24) is 10.9 Å². The molecule has 28 heavy (non-hydrogen) atoms. The number of hydrazine groups is 1. The van der Waals surface area contributed by atoms with Crippen LogP contribution in [0, 0.1) is 13.8 Å². The number of halogens is 1. The van der Waals surface area contributed by atoms with Gasteiger partial charge < -0.3 is 9.47 Å². The fourth-order valence-corrected chi connectivity index (χ4v) is 2.71. The van der Waals surface area contributed by atoms with Gasteiger partial charge in [-0.25, -0.2) is 0 Å². The van der Waals surface area contributed by atoms with E-state index < -0.39 is 17.9 Å². The van der Waals surface area contributed by atoms with Gasteiger partial charge in [0.15, 0.2) is 6.10 Å². The van der Waals surface area contributed by atoms with Gasteiger partial charge in [0.2, 0.25) is 0 Å². The molecule has 2 N–H and O–H groups in total. The van der Waals surface area contributed by atoms with Gasteiger partial charge in [-0.1, -0.05) is 28.9 Å². The maximum atomic E-state index is 12.5. The Morgan fingerprint density at radius 3 is 2.50 bits per heavy atom. The molecule has 6 nitrogen and oxygen atoms in total. The summed E-state index contributed by atoms with van der Waals surface area (Å²) in [4.78, 5) is 24.7. The van der Waals surface area contributed by atoms with E-state index in [-0.39, 0.29) is 0 Å². The van der Waals surface area contributed by atoms with Crippen molar-refractivity contribution in [1.29, 1.82) is 0 Å². The first-order chi connectivity index (χ1) is 13.3. The van der Waals surface area contributed by atoms with Crippen molar-refractivity contribution in [3.63, 3.8) is 0 Å². The summed E-state index contributed by atoms with van der Waals surface area (Å²) in [5, 5.41) is 0. The van der Waals surface area contributed by atoms with Crippen molar-refractivity contribution in [3.05, 3.63) is 57.6 Å². The predicted molar refractivity (Wildman–Crippen MR) is 112 cm³/mol. The zero-order valence-electron chi connectivity index (χ0n) is 16.5. The summed E-state index contributed by atoms with van der Waals surface area (Å²) in [5.41, 5.74) is 7.35. The van der Waals surface area contributed by atoms with Crippen LogP contribution in [-0.4, -0.2) is 24.5 Å². The SMILES string of the molecule is CCCOc1ccc(Br)cc1C(=O)NNC(=O)C(C)Oc1ccc(C)c(C)c1. The number of hydrogen-bond donors (Lipinski definition) is 2. The summed E-state index contributed by atoms with van der Waals surface area (Å²) in [7, 11) is 0. The lowest BCUT2D eigenvalue weighted by Gasteiger charge is -2.16. The smallest absolute Gasteiger partial charge is 0.279 e. The van der Waals surface area contributed by atoms with E-state index in [9.17, 15) is 9.59 Å². The van der Waals surface area contributed by atoms with Crippen LogP contribution in [-0.2, 0) is 4.79 Å². The summed E-state index contributed by atoms with van der Waals surface area (Å²) >= 11 is 3.34. The Hall–Kier alpha value is -2.54. The van der Waals surface area contributed by atoms with Crippen LogP contribution in [0.5, 0.6) is 11.5 Å². The summed E-state index contributed by atoms with van der Waals surface area (Å²) in [6.07, 6.45) is 0.0435. The van der Waals surface area contributed by atoms with E-state index in [1.54, 1.807) is 25.1 Å². The van der Waals surface area contributed by atoms with Crippen LogP contribution < -0.4 is 20.3 Å². The maximum Gasteiger partial charge on any atom is 0.279 e.